The smallest absolute Gasteiger partial charge is 0.263 e. The van der Waals surface area contributed by atoms with E-state index in [2.05, 4.69) is 10.3 Å². The van der Waals surface area contributed by atoms with Crippen molar-refractivity contribution < 1.29 is 4.79 Å². The largest absolute Gasteiger partial charge is 0.375 e. The number of nitrogens with zero attached hydrogens (tertiary/aromatic N) is 1. The second-order valence-corrected chi connectivity index (χ2v) is 7.93. The van der Waals surface area contributed by atoms with Crippen LogP contribution in [0.25, 0.3) is 0 Å². The van der Waals surface area contributed by atoms with Crippen LogP contribution in [0.5, 0.6) is 0 Å². The molecule has 0 radical (unpaired) electrons. The first kappa shape index (κ1) is 12.6. The molecule has 4 fully saturated rings. The third-order valence-corrected chi connectivity index (χ3v) is 6.53. The summed E-state index contributed by atoms with van der Waals surface area (Å²) in [7, 11) is 0. The highest BCUT2D eigenvalue weighted by molar-refractivity contribution is 7.17. The molecule has 1 aromatic heterocycles. The Hall–Kier alpha value is -1.10. The summed E-state index contributed by atoms with van der Waals surface area (Å²) in [5.74, 6) is 3.33. The van der Waals surface area contributed by atoms with E-state index in [0.717, 1.165) is 17.5 Å². The van der Waals surface area contributed by atoms with Crippen molar-refractivity contribution >= 4 is 22.4 Å². The minimum absolute atomic E-state index is 0.0363. The van der Waals surface area contributed by atoms with E-state index in [1.165, 1.54) is 43.4 Å². The van der Waals surface area contributed by atoms with Gasteiger partial charge in [0.15, 0.2) is 5.13 Å². The van der Waals surface area contributed by atoms with Gasteiger partial charge in [-0.1, -0.05) is 11.3 Å². The highest BCUT2D eigenvalue weighted by Gasteiger charge is 2.48. The first-order chi connectivity index (χ1) is 9.60. The van der Waals surface area contributed by atoms with Crippen LogP contribution in [0.2, 0.25) is 0 Å². The van der Waals surface area contributed by atoms with Crippen LogP contribution in [0.15, 0.2) is 0 Å². The number of thiazole rings is 1. The molecule has 3 N–H and O–H groups in total. The van der Waals surface area contributed by atoms with Gasteiger partial charge in [0.05, 0.1) is 5.69 Å². The fourth-order valence-electron chi connectivity index (χ4n) is 5.01. The maximum Gasteiger partial charge on any atom is 0.263 e. The number of amides is 1. The molecule has 0 aliphatic heterocycles. The number of rotatable bonds is 2. The number of carbonyl (C=O) groups excluding carboxylic acids is 1. The van der Waals surface area contributed by atoms with Gasteiger partial charge in [-0.25, -0.2) is 4.98 Å². The predicted molar refractivity (Wildman–Crippen MR) is 79.6 cm³/mol. The molecule has 4 aliphatic carbocycles. The van der Waals surface area contributed by atoms with Gasteiger partial charge < -0.3 is 11.1 Å². The van der Waals surface area contributed by atoms with Crippen molar-refractivity contribution in [2.75, 3.05) is 5.73 Å². The zero-order chi connectivity index (χ0) is 13.9. The van der Waals surface area contributed by atoms with Crippen molar-refractivity contribution in [2.45, 2.75) is 45.1 Å². The lowest BCUT2D eigenvalue weighted by atomic mass is 9.54. The molecule has 0 spiro atoms. The van der Waals surface area contributed by atoms with Gasteiger partial charge in [-0.2, -0.15) is 0 Å². The Morgan fingerprint density at radius 2 is 1.80 bits per heavy atom. The summed E-state index contributed by atoms with van der Waals surface area (Å²) in [5, 5.41) is 3.79. The lowest BCUT2D eigenvalue weighted by Crippen LogP contribution is -2.55. The van der Waals surface area contributed by atoms with Crippen molar-refractivity contribution in [3.8, 4) is 0 Å². The molecule has 4 nitrogen and oxygen atoms in total. The molecule has 1 amide bonds. The molecular formula is C15H21N3OS. The molecule has 20 heavy (non-hydrogen) atoms. The lowest BCUT2D eigenvalue weighted by molar-refractivity contribution is -0.0119. The molecule has 4 aliphatic rings. The van der Waals surface area contributed by atoms with E-state index in [4.69, 9.17) is 5.73 Å². The monoisotopic (exact) mass is 291 g/mol. The summed E-state index contributed by atoms with van der Waals surface area (Å²) in [6.45, 7) is 1.86. The number of aromatic nitrogens is 1. The number of aryl methyl sites for hydroxylation is 1. The number of carbonyl (C=O) groups is 1. The van der Waals surface area contributed by atoms with Gasteiger partial charge in [0.2, 0.25) is 0 Å². The average molecular weight is 291 g/mol. The Kier molecular flexibility index (Phi) is 2.81. The zero-order valence-corrected chi connectivity index (χ0v) is 12.6. The molecular weight excluding hydrogens is 270 g/mol. The molecule has 1 aromatic rings. The van der Waals surface area contributed by atoms with Crippen LogP contribution in [-0.2, 0) is 0 Å². The van der Waals surface area contributed by atoms with Gasteiger partial charge in [0, 0.05) is 6.04 Å². The van der Waals surface area contributed by atoms with Gasteiger partial charge in [-0.15, -0.1) is 0 Å². The SMILES string of the molecule is Cc1nc(N)sc1C(=O)NC1C2CC3CC(C2)CC1C3. The van der Waals surface area contributed by atoms with Crippen LogP contribution in [0.1, 0.15) is 47.5 Å². The van der Waals surface area contributed by atoms with Crippen molar-refractivity contribution in [3.63, 3.8) is 0 Å². The molecule has 4 bridgehead atoms. The van der Waals surface area contributed by atoms with Gasteiger partial charge in [-0.3, -0.25) is 4.79 Å². The Labute approximate surface area is 123 Å². The van der Waals surface area contributed by atoms with Crippen LogP contribution in [0.3, 0.4) is 0 Å². The van der Waals surface area contributed by atoms with E-state index >= 15 is 0 Å². The van der Waals surface area contributed by atoms with Gasteiger partial charge in [0.25, 0.3) is 5.91 Å². The Morgan fingerprint density at radius 1 is 1.20 bits per heavy atom. The van der Waals surface area contributed by atoms with Crippen LogP contribution in [0, 0.1) is 30.6 Å². The number of hydrogen-bond acceptors (Lipinski definition) is 4. The van der Waals surface area contributed by atoms with Crippen LogP contribution < -0.4 is 11.1 Å². The normalized spacial score (nSPS) is 38.1. The molecule has 0 atom stereocenters. The second-order valence-electron chi connectivity index (χ2n) is 6.90. The fraction of sp³-hybridized carbons (Fsp3) is 0.733. The van der Waals surface area contributed by atoms with E-state index < -0.39 is 0 Å². The average Bonchev–Trinajstić information content (AvgIpc) is 2.72. The maximum atomic E-state index is 12.5. The van der Waals surface area contributed by atoms with Crippen molar-refractivity contribution in [3.05, 3.63) is 10.6 Å². The van der Waals surface area contributed by atoms with E-state index in [1.54, 1.807) is 0 Å². The lowest BCUT2D eigenvalue weighted by Gasteiger charge is -2.54. The van der Waals surface area contributed by atoms with E-state index in [0.29, 0.717) is 27.9 Å². The standard InChI is InChI=1S/C15H21N3OS/c1-7-13(20-15(16)17-7)14(19)18-12-10-3-8-2-9(5-10)6-11(12)4-8/h8-12H,2-6H2,1H3,(H2,16,17)(H,18,19). The summed E-state index contributed by atoms with van der Waals surface area (Å²) in [5.41, 5.74) is 6.45. The van der Waals surface area contributed by atoms with Crippen LogP contribution in [-0.4, -0.2) is 16.9 Å². The highest BCUT2D eigenvalue weighted by Crippen LogP contribution is 2.53. The maximum absolute atomic E-state index is 12.5. The minimum atomic E-state index is 0.0363. The Morgan fingerprint density at radius 3 is 2.30 bits per heavy atom. The fourth-order valence-corrected chi connectivity index (χ4v) is 5.74. The summed E-state index contributed by atoms with van der Waals surface area (Å²) >= 11 is 1.30. The molecule has 5 heteroatoms. The van der Waals surface area contributed by atoms with Gasteiger partial charge in [0.1, 0.15) is 4.88 Å². The zero-order valence-electron chi connectivity index (χ0n) is 11.8. The first-order valence-electron chi connectivity index (χ1n) is 7.64. The first-order valence-corrected chi connectivity index (χ1v) is 8.45. The summed E-state index contributed by atoms with van der Waals surface area (Å²) < 4.78 is 0. The summed E-state index contributed by atoms with van der Waals surface area (Å²) in [6, 6.07) is 0.387. The topological polar surface area (TPSA) is 68.0 Å². The quantitative estimate of drug-likeness (QED) is 0.880. The molecule has 4 saturated carbocycles. The van der Waals surface area contributed by atoms with Gasteiger partial charge in [-0.05, 0) is 62.7 Å². The molecule has 0 saturated heterocycles. The Bertz CT molecular complexity index is 525. The summed E-state index contributed by atoms with van der Waals surface area (Å²) in [6.07, 6.45) is 6.73. The minimum Gasteiger partial charge on any atom is -0.375 e. The third-order valence-electron chi connectivity index (χ3n) is 5.54. The summed E-state index contributed by atoms with van der Waals surface area (Å²) in [4.78, 5) is 17.3. The molecule has 0 unspecified atom stereocenters. The number of nitrogens with one attached hydrogen (secondary N) is 1. The highest BCUT2D eigenvalue weighted by atomic mass is 32.1. The van der Waals surface area contributed by atoms with Gasteiger partial charge >= 0.3 is 0 Å². The van der Waals surface area contributed by atoms with Crippen LogP contribution in [0.4, 0.5) is 5.13 Å². The van der Waals surface area contributed by atoms with Crippen LogP contribution >= 0.6 is 11.3 Å². The molecule has 5 rings (SSSR count). The Balaban J connectivity index is 1.52. The molecule has 1 heterocycles. The molecule has 108 valence electrons. The van der Waals surface area contributed by atoms with Crippen molar-refractivity contribution in [2.24, 2.45) is 23.7 Å². The van der Waals surface area contributed by atoms with E-state index in [9.17, 15) is 4.79 Å². The third kappa shape index (κ3) is 1.94. The number of anilines is 1. The van der Waals surface area contributed by atoms with Crippen molar-refractivity contribution in [1.29, 1.82) is 0 Å². The number of nitrogen functional groups attached to an aromatic ring is 1. The molecule has 0 aromatic carbocycles. The predicted octanol–water partition coefficient (Wildman–Crippen LogP) is 2.59. The number of hydrogen-bond donors (Lipinski definition) is 2. The second kappa shape index (κ2) is 4.45. The van der Waals surface area contributed by atoms with Crippen molar-refractivity contribution in [1.82, 2.24) is 10.3 Å². The van der Waals surface area contributed by atoms with E-state index in [-0.39, 0.29) is 5.91 Å². The van der Waals surface area contributed by atoms with E-state index in [1.807, 2.05) is 6.92 Å². The number of nitrogens with two attached hydrogens (primary N) is 1.